The van der Waals surface area contributed by atoms with Crippen molar-refractivity contribution in [3.63, 3.8) is 0 Å². The van der Waals surface area contributed by atoms with Crippen molar-refractivity contribution in [2.24, 2.45) is 0 Å². The maximum atomic E-state index is 13.1. The van der Waals surface area contributed by atoms with E-state index < -0.39 is 267 Å². The molecule has 6 fully saturated rings. The Balaban J connectivity index is 1.29. The highest BCUT2D eigenvalue weighted by Crippen LogP contribution is 2.38. The summed E-state index contributed by atoms with van der Waals surface area (Å²) in [6.07, 6.45) is -63.2. The third-order valence-electron chi connectivity index (χ3n) is 15.0. The lowest BCUT2D eigenvalue weighted by molar-refractivity contribution is -0.392. The fourth-order valence-electron chi connectivity index (χ4n) is 10.3. The normalized spacial score (nSPS) is 46.8. The molecule has 6 aliphatic heterocycles. The maximum absolute atomic E-state index is 13.1. The summed E-state index contributed by atoms with van der Waals surface area (Å²) in [4.78, 5) is 25.8. The van der Waals surface area contributed by atoms with E-state index >= 15 is 0 Å². The van der Waals surface area contributed by atoms with Gasteiger partial charge in [-0.2, -0.15) is 0 Å². The van der Waals surface area contributed by atoms with Gasteiger partial charge in [0.25, 0.3) is 0 Å². The molecule has 6 saturated heterocycles. The first-order chi connectivity index (χ1) is 39.2. The molecule has 37 nitrogen and oxygen atoms in total. The molecule has 37 heteroatoms. The molecular weight excluding hydrogens is 1140 g/mol. The second-order valence-corrected chi connectivity index (χ2v) is 20.8. The molecule has 0 spiro atoms. The van der Waals surface area contributed by atoms with Gasteiger partial charge in [-0.1, -0.05) is 0 Å². The van der Waals surface area contributed by atoms with E-state index in [2.05, 4.69) is 10.6 Å². The number of nitrogens with one attached hydrogen (secondary N) is 2. The minimum atomic E-state index is -2.33. The highest BCUT2D eigenvalue weighted by molar-refractivity contribution is 5.73. The monoisotopic (exact) mass is 1220 g/mol. The summed E-state index contributed by atoms with van der Waals surface area (Å²) in [6.45, 7) is -4.28. The lowest BCUT2D eigenvalue weighted by atomic mass is 9.93. The van der Waals surface area contributed by atoms with Gasteiger partial charge in [0.1, 0.15) is 165 Å². The van der Waals surface area contributed by atoms with Crippen LogP contribution in [-0.4, -0.2) is 374 Å². The second kappa shape index (κ2) is 30.7. The third-order valence-corrected chi connectivity index (χ3v) is 15.0. The van der Waals surface area contributed by atoms with E-state index in [1.165, 1.54) is 6.92 Å². The van der Waals surface area contributed by atoms with Gasteiger partial charge in [-0.25, -0.2) is 0 Å². The van der Waals surface area contributed by atoms with Crippen LogP contribution in [0.25, 0.3) is 0 Å². The maximum Gasteiger partial charge on any atom is 0.217 e. The molecule has 0 bridgehead atoms. The van der Waals surface area contributed by atoms with Crippen LogP contribution in [-0.2, 0) is 66.4 Å². The Hall–Kier alpha value is -2.38. The van der Waals surface area contributed by atoms with E-state index in [1.807, 2.05) is 0 Å². The van der Waals surface area contributed by atoms with Crippen LogP contribution in [0, 0.1) is 0 Å². The number of hydrogen-bond donors (Lipinski definition) is 23. The highest BCUT2D eigenvalue weighted by Gasteiger charge is 2.59. The van der Waals surface area contributed by atoms with Crippen molar-refractivity contribution in [3.05, 3.63) is 0 Å². The molecule has 0 radical (unpaired) electrons. The molecule has 6 aliphatic rings. The lowest BCUT2D eigenvalue weighted by Gasteiger charge is -2.52. The zero-order valence-corrected chi connectivity index (χ0v) is 44.7. The number of amides is 2. The number of hydrogen-bond acceptors (Lipinski definition) is 35. The van der Waals surface area contributed by atoms with E-state index in [0.29, 0.717) is 0 Å². The molecule has 0 aliphatic carbocycles. The predicted molar refractivity (Wildman–Crippen MR) is 256 cm³/mol. The SMILES string of the molecule is CC(=O)N[C@H]1[C@H](O[C@H]2[C@@H](O)[C@@H](CO)O[C@@H](O[C@@H]([C@H](O)[C@@H](O)CO)[C@H](O)CO)[C@@H]2O)O[C@H](CO)[C@@H](O[C@@H]2O[C@H](CO)[C@H](O)[C@H](O[C@@H]3O[C@H](CO)[C@@H](O[C@@H]4O[C@@H](C)[C@@H](O)[C@@H](O)[C@@H]4O)[C@@H](O[C@@H]4O[C@H](CO)[C@H](O)[C@H](O)[C@H]4O)[C@H]3NC(C)=O)[C@H]2O)[C@@H]1O. The number of aliphatic hydroxyl groups excluding tert-OH is 21. The molecular formula is C46H80N2O35. The standard InChI is InChI=1S/C46H80N2O35/c1-11-23(60)29(66)31(68)43(72-11)80-37-20(10-55)77-42(22(48-13(3)57)38(37)81-44-32(69)30(67)25(62)16(6-51)73-44)83-40-27(64)18(8-53)75-46(34(40)71)79-36-19(9-54)76-41(21(28(36)65)47-12(2)56)82-39-26(63)17(7-52)74-45(33(39)70)78-35(15(59)5-50)24(61)14(58)4-49/h11,14-46,49-55,58-71H,4-10H2,1-3H3,(H,47,56)(H,48,57)/t11-,14-,15+,16+,17+,18+,19+,20+,21+,22+,23+,24+,25-,26-,27-,28+,29+,30-,31-,32+,33+,34+,35+,36+,37+,38-,39-,40-,41-,42-,43-,44-,45-,46-/m0/s1. The van der Waals surface area contributed by atoms with Gasteiger partial charge in [-0.05, 0) is 6.92 Å². The second-order valence-electron chi connectivity index (χ2n) is 20.8. The van der Waals surface area contributed by atoms with Crippen LogP contribution in [0.2, 0.25) is 0 Å². The molecule has 0 unspecified atom stereocenters. The number of carbonyl (C=O) groups is 2. The van der Waals surface area contributed by atoms with Gasteiger partial charge in [0.05, 0.1) is 52.4 Å². The van der Waals surface area contributed by atoms with E-state index in [-0.39, 0.29) is 0 Å². The topological polar surface area (TPSA) is 594 Å². The summed E-state index contributed by atoms with van der Waals surface area (Å²) < 4.78 is 70.0. The molecule has 6 heterocycles. The Morgan fingerprint density at radius 3 is 1.25 bits per heavy atom. The van der Waals surface area contributed by atoms with Crippen molar-refractivity contribution in [2.45, 2.75) is 229 Å². The van der Waals surface area contributed by atoms with Crippen LogP contribution in [0.4, 0.5) is 0 Å². The molecule has 0 saturated carbocycles. The first-order valence-corrected chi connectivity index (χ1v) is 26.4. The first-order valence-electron chi connectivity index (χ1n) is 26.4. The average molecular weight is 1220 g/mol. The van der Waals surface area contributed by atoms with Gasteiger partial charge in [-0.15, -0.1) is 0 Å². The van der Waals surface area contributed by atoms with Gasteiger partial charge in [0.2, 0.25) is 11.8 Å². The smallest absolute Gasteiger partial charge is 0.217 e. The minimum absolute atomic E-state index is 0.907. The Morgan fingerprint density at radius 1 is 0.386 bits per heavy atom. The van der Waals surface area contributed by atoms with E-state index in [0.717, 1.165) is 13.8 Å². The molecule has 2 amide bonds. The molecule has 0 aromatic carbocycles. The Bertz CT molecular complexity index is 1990. The van der Waals surface area contributed by atoms with Crippen LogP contribution in [0.15, 0.2) is 0 Å². The fraction of sp³-hybridized carbons (Fsp3) is 0.957. The van der Waals surface area contributed by atoms with Crippen molar-refractivity contribution in [2.75, 3.05) is 46.2 Å². The summed E-state index contributed by atoms with van der Waals surface area (Å²) in [5.41, 5.74) is 0. The van der Waals surface area contributed by atoms with Crippen molar-refractivity contribution < 1.29 is 174 Å². The van der Waals surface area contributed by atoms with E-state index in [4.69, 9.17) is 56.8 Å². The molecule has 23 N–H and O–H groups in total. The number of ether oxygens (including phenoxy) is 12. The Kier molecular flexibility index (Phi) is 25.8. The summed E-state index contributed by atoms with van der Waals surface area (Å²) in [5, 5.41) is 229. The summed E-state index contributed by atoms with van der Waals surface area (Å²) in [7, 11) is 0. The fourth-order valence-corrected chi connectivity index (χ4v) is 10.3. The number of aliphatic hydroxyl groups is 21. The summed E-state index contributed by atoms with van der Waals surface area (Å²) in [6, 6.07) is -3.75. The molecule has 484 valence electrons. The number of carbonyl (C=O) groups excluding carboxylic acids is 2. The summed E-state index contributed by atoms with van der Waals surface area (Å²) in [5.74, 6) is -1.82. The van der Waals surface area contributed by atoms with Crippen molar-refractivity contribution in [1.29, 1.82) is 0 Å². The zero-order valence-electron chi connectivity index (χ0n) is 44.7. The third kappa shape index (κ3) is 15.6. The van der Waals surface area contributed by atoms with Crippen LogP contribution in [0.1, 0.15) is 20.8 Å². The van der Waals surface area contributed by atoms with E-state index in [9.17, 15) is 117 Å². The van der Waals surface area contributed by atoms with Gasteiger partial charge in [-0.3, -0.25) is 9.59 Å². The number of rotatable bonds is 24. The molecule has 0 aromatic heterocycles. The van der Waals surface area contributed by atoms with Gasteiger partial charge >= 0.3 is 0 Å². The molecule has 0 aromatic rings. The largest absolute Gasteiger partial charge is 0.394 e. The van der Waals surface area contributed by atoms with Crippen molar-refractivity contribution in [1.82, 2.24) is 10.6 Å². The van der Waals surface area contributed by atoms with Crippen molar-refractivity contribution in [3.8, 4) is 0 Å². The molecule has 6 rings (SSSR count). The highest BCUT2D eigenvalue weighted by atomic mass is 16.8. The Labute approximate surface area is 471 Å². The van der Waals surface area contributed by atoms with Crippen LogP contribution in [0.3, 0.4) is 0 Å². The van der Waals surface area contributed by atoms with Crippen LogP contribution in [0.5, 0.6) is 0 Å². The summed E-state index contributed by atoms with van der Waals surface area (Å²) >= 11 is 0. The van der Waals surface area contributed by atoms with E-state index in [1.54, 1.807) is 0 Å². The quantitative estimate of drug-likeness (QED) is 0.0427. The van der Waals surface area contributed by atoms with Gasteiger partial charge in [0, 0.05) is 13.8 Å². The average Bonchev–Trinajstić information content (AvgIpc) is 3.49. The predicted octanol–water partition coefficient (Wildman–Crippen LogP) is -15.3. The van der Waals surface area contributed by atoms with Crippen LogP contribution < -0.4 is 10.6 Å². The zero-order chi connectivity index (χ0) is 61.6. The molecule has 34 atom stereocenters. The lowest BCUT2D eigenvalue weighted by Crippen LogP contribution is -2.71. The minimum Gasteiger partial charge on any atom is -0.394 e. The first kappa shape index (κ1) is 69.7. The Morgan fingerprint density at radius 2 is 0.759 bits per heavy atom. The van der Waals surface area contributed by atoms with Crippen LogP contribution >= 0.6 is 0 Å². The van der Waals surface area contributed by atoms with Crippen molar-refractivity contribution >= 4 is 11.8 Å². The van der Waals surface area contributed by atoms with Gasteiger partial charge in [0.15, 0.2) is 37.7 Å². The molecule has 83 heavy (non-hydrogen) atoms. The van der Waals surface area contributed by atoms with Gasteiger partial charge < -0.3 is 175 Å².